The van der Waals surface area contributed by atoms with Gasteiger partial charge in [-0.15, -0.1) is 0 Å². The van der Waals surface area contributed by atoms with Crippen molar-refractivity contribution in [1.29, 1.82) is 0 Å². The average molecular weight is 255 g/mol. The first-order valence-electron chi connectivity index (χ1n) is 5.23. The van der Waals surface area contributed by atoms with Gasteiger partial charge in [0.1, 0.15) is 0 Å². The SMILES string of the molecule is Cc1ccc(S(=O)(=O)OC[C@@H]2CC(=O)N2)cc1. The zero-order valence-electron chi connectivity index (χ0n) is 9.34. The molecule has 1 aromatic rings. The molecular formula is C11H13NO4S. The van der Waals surface area contributed by atoms with Gasteiger partial charge in [-0.3, -0.25) is 8.98 Å². The summed E-state index contributed by atoms with van der Waals surface area (Å²) in [5.41, 5.74) is 0.982. The molecule has 1 heterocycles. The monoisotopic (exact) mass is 255 g/mol. The Bertz CT molecular complexity index is 513. The Labute approximate surface area is 99.9 Å². The van der Waals surface area contributed by atoms with E-state index < -0.39 is 10.1 Å². The lowest BCUT2D eigenvalue weighted by molar-refractivity contribution is -0.128. The molecule has 0 unspecified atom stereocenters. The molecule has 1 N–H and O–H groups in total. The van der Waals surface area contributed by atoms with Crippen LogP contribution in [0.15, 0.2) is 29.2 Å². The molecule has 0 saturated carbocycles. The first-order chi connectivity index (χ1) is 7.97. The minimum absolute atomic E-state index is 0.0120. The van der Waals surface area contributed by atoms with Gasteiger partial charge in [0.2, 0.25) is 5.91 Å². The molecule has 0 aliphatic carbocycles. The van der Waals surface area contributed by atoms with Crippen molar-refractivity contribution in [3.05, 3.63) is 29.8 Å². The van der Waals surface area contributed by atoms with Crippen LogP contribution in [0.2, 0.25) is 0 Å². The molecule has 1 aromatic carbocycles. The Hall–Kier alpha value is -1.40. The molecule has 17 heavy (non-hydrogen) atoms. The van der Waals surface area contributed by atoms with Crippen LogP contribution >= 0.6 is 0 Å². The van der Waals surface area contributed by atoms with E-state index in [4.69, 9.17) is 4.18 Å². The topological polar surface area (TPSA) is 72.5 Å². The zero-order chi connectivity index (χ0) is 12.5. The highest BCUT2D eigenvalue weighted by molar-refractivity contribution is 7.86. The van der Waals surface area contributed by atoms with E-state index in [0.717, 1.165) is 5.56 Å². The predicted octanol–water partition coefficient (Wildman–Crippen LogP) is 0.589. The molecule has 1 atom stereocenters. The summed E-state index contributed by atoms with van der Waals surface area (Å²) in [7, 11) is -3.72. The maximum absolute atomic E-state index is 11.7. The minimum atomic E-state index is -3.72. The fourth-order valence-corrected chi connectivity index (χ4v) is 2.42. The number of nitrogens with one attached hydrogen (secondary N) is 1. The molecule has 92 valence electrons. The van der Waals surface area contributed by atoms with Crippen LogP contribution in [-0.2, 0) is 19.1 Å². The van der Waals surface area contributed by atoms with Crippen molar-refractivity contribution in [2.24, 2.45) is 0 Å². The largest absolute Gasteiger partial charge is 0.350 e. The number of carbonyl (C=O) groups excluding carboxylic acids is 1. The molecule has 1 aliphatic rings. The van der Waals surface area contributed by atoms with Crippen LogP contribution in [-0.4, -0.2) is 27.0 Å². The van der Waals surface area contributed by atoms with Gasteiger partial charge in [-0.2, -0.15) is 8.42 Å². The summed E-state index contributed by atoms with van der Waals surface area (Å²) in [5.74, 6) is -0.0775. The summed E-state index contributed by atoms with van der Waals surface area (Å²) in [6, 6.07) is 6.24. The number of hydrogen-bond donors (Lipinski definition) is 1. The average Bonchev–Trinajstić information content (AvgIpc) is 2.23. The quantitative estimate of drug-likeness (QED) is 0.631. The van der Waals surface area contributed by atoms with Crippen LogP contribution in [0.5, 0.6) is 0 Å². The molecule has 1 fully saturated rings. The lowest BCUT2D eigenvalue weighted by Gasteiger charge is -2.26. The lowest BCUT2D eigenvalue weighted by Crippen LogP contribution is -2.51. The third kappa shape index (κ3) is 2.83. The smallest absolute Gasteiger partial charge is 0.297 e. The van der Waals surface area contributed by atoms with E-state index in [1.54, 1.807) is 12.1 Å². The van der Waals surface area contributed by atoms with Gasteiger partial charge in [0.25, 0.3) is 10.1 Å². The third-order valence-electron chi connectivity index (χ3n) is 2.53. The van der Waals surface area contributed by atoms with Crippen molar-refractivity contribution in [2.45, 2.75) is 24.3 Å². The van der Waals surface area contributed by atoms with E-state index in [1.807, 2.05) is 6.92 Å². The fourth-order valence-electron chi connectivity index (χ4n) is 1.48. The standard InChI is InChI=1S/C11H13NO4S/c1-8-2-4-10(5-3-8)17(14,15)16-7-9-6-11(13)12-9/h2-5,9H,6-7H2,1H3,(H,12,13)/t9-/m0/s1. The van der Waals surface area contributed by atoms with Gasteiger partial charge in [-0.05, 0) is 19.1 Å². The van der Waals surface area contributed by atoms with E-state index in [0.29, 0.717) is 6.42 Å². The molecule has 2 rings (SSSR count). The Morgan fingerprint density at radius 2 is 1.94 bits per heavy atom. The van der Waals surface area contributed by atoms with Gasteiger partial charge in [0.15, 0.2) is 0 Å². The summed E-state index contributed by atoms with van der Waals surface area (Å²) < 4.78 is 28.3. The van der Waals surface area contributed by atoms with E-state index in [9.17, 15) is 13.2 Å². The molecule has 5 nitrogen and oxygen atoms in total. The number of carbonyl (C=O) groups is 1. The Balaban J connectivity index is 1.98. The maximum atomic E-state index is 11.7. The van der Waals surface area contributed by atoms with Gasteiger partial charge in [-0.1, -0.05) is 17.7 Å². The van der Waals surface area contributed by atoms with Crippen LogP contribution in [0, 0.1) is 6.92 Å². The number of amides is 1. The highest BCUT2D eigenvalue weighted by Crippen LogP contribution is 2.15. The van der Waals surface area contributed by atoms with E-state index in [1.165, 1.54) is 12.1 Å². The van der Waals surface area contributed by atoms with Crippen molar-refractivity contribution in [3.8, 4) is 0 Å². The van der Waals surface area contributed by atoms with Crippen LogP contribution < -0.4 is 5.32 Å². The maximum Gasteiger partial charge on any atom is 0.297 e. The summed E-state index contributed by atoms with van der Waals surface area (Å²) in [4.78, 5) is 10.8. The van der Waals surface area contributed by atoms with Crippen molar-refractivity contribution in [3.63, 3.8) is 0 Å². The third-order valence-corrected chi connectivity index (χ3v) is 3.83. The predicted molar refractivity (Wildman–Crippen MR) is 60.9 cm³/mol. The molecular weight excluding hydrogens is 242 g/mol. The summed E-state index contributed by atoms with van der Waals surface area (Å²) >= 11 is 0. The van der Waals surface area contributed by atoms with Crippen molar-refractivity contribution in [2.75, 3.05) is 6.61 Å². The molecule has 0 aromatic heterocycles. The molecule has 0 spiro atoms. The van der Waals surface area contributed by atoms with Crippen molar-refractivity contribution in [1.82, 2.24) is 5.32 Å². The first kappa shape index (κ1) is 12.1. The van der Waals surface area contributed by atoms with E-state index >= 15 is 0 Å². The molecule has 0 bridgehead atoms. The zero-order valence-corrected chi connectivity index (χ0v) is 10.2. The minimum Gasteiger partial charge on any atom is -0.350 e. The van der Waals surface area contributed by atoms with Crippen LogP contribution in [0.1, 0.15) is 12.0 Å². The van der Waals surface area contributed by atoms with E-state index in [2.05, 4.69) is 5.32 Å². The van der Waals surface area contributed by atoms with E-state index in [-0.39, 0.29) is 23.5 Å². The summed E-state index contributed by atoms with van der Waals surface area (Å²) in [5, 5.41) is 2.55. The van der Waals surface area contributed by atoms with Gasteiger partial charge in [-0.25, -0.2) is 0 Å². The van der Waals surface area contributed by atoms with Crippen LogP contribution in [0.3, 0.4) is 0 Å². The fraction of sp³-hybridized carbons (Fsp3) is 0.364. The highest BCUT2D eigenvalue weighted by atomic mass is 32.2. The van der Waals surface area contributed by atoms with Gasteiger partial charge in [0, 0.05) is 6.42 Å². The molecule has 1 aliphatic heterocycles. The van der Waals surface area contributed by atoms with Crippen molar-refractivity contribution < 1.29 is 17.4 Å². The second-order valence-corrected chi connectivity index (χ2v) is 5.64. The Kier molecular flexibility index (Phi) is 3.17. The molecule has 1 saturated heterocycles. The van der Waals surface area contributed by atoms with Crippen LogP contribution in [0.25, 0.3) is 0 Å². The number of β-lactam (4-membered cyclic amide) rings is 1. The van der Waals surface area contributed by atoms with Gasteiger partial charge < -0.3 is 5.32 Å². The number of benzene rings is 1. The highest BCUT2D eigenvalue weighted by Gasteiger charge is 2.27. The number of rotatable bonds is 4. The summed E-state index contributed by atoms with van der Waals surface area (Å²) in [6.07, 6.45) is 0.323. The molecule has 6 heteroatoms. The van der Waals surface area contributed by atoms with Crippen molar-refractivity contribution >= 4 is 16.0 Å². The number of aryl methyl sites for hydroxylation is 1. The number of hydrogen-bond acceptors (Lipinski definition) is 4. The lowest BCUT2D eigenvalue weighted by atomic mass is 10.1. The molecule has 0 radical (unpaired) electrons. The van der Waals surface area contributed by atoms with Crippen LogP contribution in [0.4, 0.5) is 0 Å². The second-order valence-electron chi connectivity index (χ2n) is 4.02. The first-order valence-corrected chi connectivity index (χ1v) is 6.64. The second kappa shape index (κ2) is 4.46. The van der Waals surface area contributed by atoms with Gasteiger partial charge in [0.05, 0.1) is 17.5 Å². The Morgan fingerprint density at radius 1 is 1.35 bits per heavy atom. The molecule has 1 amide bonds. The van der Waals surface area contributed by atoms with Gasteiger partial charge >= 0.3 is 0 Å². The normalized spacial score (nSPS) is 19.6. The summed E-state index contributed by atoms with van der Waals surface area (Å²) in [6.45, 7) is 1.86. The Morgan fingerprint density at radius 3 is 2.47 bits per heavy atom.